The molecule has 0 fully saturated rings. The largest absolute Gasteiger partial charge is 0.489 e. The molecule has 1 amide bonds. The SMILES string of the molecule is Cc1ccc(C)n1-c1ccc(OCc2ccc(C(=O)N/N=C/c3cc(C)n(-c4ccc(OCc5ccc(F)cc5)cc4)c3C)o2)cc1. The molecule has 0 atom stereocenters. The monoisotopic (exact) mass is 630 g/mol. The van der Waals surface area contributed by atoms with Crippen molar-refractivity contribution in [2.45, 2.75) is 40.9 Å². The number of aromatic nitrogens is 2. The van der Waals surface area contributed by atoms with Gasteiger partial charge in [0.2, 0.25) is 0 Å². The Morgan fingerprint density at radius 1 is 0.745 bits per heavy atom. The van der Waals surface area contributed by atoms with Crippen LogP contribution in [0.5, 0.6) is 11.5 Å². The summed E-state index contributed by atoms with van der Waals surface area (Å²) in [6.45, 7) is 8.68. The molecule has 9 heteroatoms. The van der Waals surface area contributed by atoms with Gasteiger partial charge in [-0.2, -0.15) is 5.10 Å². The van der Waals surface area contributed by atoms with Gasteiger partial charge < -0.3 is 23.0 Å². The summed E-state index contributed by atoms with van der Waals surface area (Å²) in [4.78, 5) is 12.7. The number of nitrogens with zero attached hydrogens (tertiary/aromatic N) is 3. The fourth-order valence-electron chi connectivity index (χ4n) is 5.47. The molecule has 0 aliphatic carbocycles. The lowest BCUT2D eigenvalue weighted by molar-refractivity contribution is 0.0923. The lowest BCUT2D eigenvalue weighted by Gasteiger charge is -2.11. The number of hydrogen-bond donors (Lipinski definition) is 1. The predicted molar refractivity (Wildman–Crippen MR) is 179 cm³/mol. The van der Waals surface area contributed by atoms with E-state index in [9.17, 15) is 9.18 Å². The Labute approximate surface area is 272 Å². The Kier molecular flexibility index (Phi) is 9.06. The maximum absolute atomic E-state index is 13.1. The molecule has 0 aliphatic heterocycles. The Balaban J connectivity index is 1.02. The zero-order valence-corrected chi connectivity index (χ0v) is 26.7. The zero-order valence-electron chi connectivity index (χ0n) is 26.7. The van der Waals surface area contributed by atoms with Crippen molar-refractivity contribution >= 4 is 12.1 Å². The Bertz CT molecular complexity index is 2000. The first-order valence-corrected chi connectivity index (χ1v) is 15.2. The molecule has 0 bridgehead atoms. The molecule has 0 saturated heterocycles. The van der Waals surface area contributed by atoms with Gasteiger partial charge in [0.05, 0.1) is 6.21 Å². The second-order valence-corrected chi connectivity index (χ2v) is 11.3. The van der Waals surface area contributed by atoms with E-state index in [1.54, 1.807) is 30.5 Å². The van der Waals surface area contributed by atoms with Crippen molar-refractivity contribution in [3.05, 3.63) is 154 Å². The van der Waals surface area contributed by atoms with Crippen molar-refractivity contribution < 1.29 is 23.1 Å². The minimum atomic E-state index is -0.459. The normalized spacial score (nSPS) is 11.3. The summed E-state index contributed by atoms with van der Waals surface area (Å²) in [6.07, 6.45) is 1.62. The number of rotatable bonds is 11. The number of halogens is 1. The highest BCUT2D eigenvalue weighted by Crippen LogP contribution is 2.24. The van der Waals surface area contributed by atoms with Crippen LogP contribution < -0.4 is 14.9 Å². The molecule has 47 heavy (non-hydrogen) atoms. The van der Waals surface area contributed by atoms with Crippen LogP contribution in [0.15, 0.2) is 113 Å². The summed E-state index contributed by atoms with van der Waals surface area (Å²) in [7, 11) is 0. The first-order chi connectivity index (χ1) is 22.7. The third-order valence-corrected chi connectivity index (χ3v) is 7.89. The second-order valence-electron chi connectivity index (χ2n) is 11.3. The van der Waals surface area contributed by atoms with Crippen molar-refractivity contribution in [2.75, 3.05) is 0 Å². The van der Waals surface area contributed by atoms with E-state index in [4.69, 9.17) is 13.9 Å². The van der Waals surface area contributed by atoms with Crippen molar-refractivity contribution in [1.82, 2.24) is 14.6 Å². The van der Waals surface area contributed by atoms with Crippen LogP contribution in [-0.4, -0.2) is 21.3 Å². The van der Waals surface area contributed by atoms with Gasteiger partial charge in [-0.05, 0) is 124 Å². The number of hydrogen-bond acceptors (Lipinski definition) is 5. The molecule has 238 valence electrons. The summed E-state index contributed by atoms with van der Waals surface area (Å²) < 4.78 is 34.8. The Morgan fingerprint density at radius 2 is 1.34 bits per heavy atom. The number of ether oxygens (including phenoxy) is 2. The van der Waals surface area contributed by atoms with Gasteiger partial charge in [0.25, 0.3) is 0 Å². The van der Waals surface area contributed by atoms with Gasteiger partial charge in [-0.25, -0.2) is 9.82 Å². The van der Waals surface area contributed by atoms with Gasteiger partial charge in [-0.3, -0.25) is 4.79 Å². The molecule has 0 spiro atoms. The molecule has 6 aromatic rings. The first-order valence-electron chi connectivity index (χ1n) is 15.2. The molecule has 3 aromatic heterocycles. The van der Waals surface area contributed by atoms with Gasteiger partial charge in [0.1, 0.15) is 36.3 Å². The van der Waals surface area contributed by atoms with E-state index < -0.39 is 5.91 Å². The van der Waals surface area contributed by atoms with Crippen molar-refractivity contribution in [1.29, 1.82) is 0 Å². The van der Waals surface area contributed by atoms with E-state index in [1.807, 2.05) is 68.4 Å². The molecule has 0 saturated carbocycles. The number of furan rings is 1. The smallest absolute Gasteiger partial charge is 0.307 e. The van der Waals surface area contributed by atoms with Gasteiger partial charge >= 0.3 is 5.91 Å². The minimum absolute atomic E-state index is 0.141. The fourth-order valence-corrected chi connectivity index (χ4v) is 5.47. The number of carbonyl (C=O) groups is 1. The van der Waals surface area contributed by atoms with Gasteiger partial charge in [0.15, 0.2) is 5.76 Å². The quantitative estimate of drug-likeness (QED) is 0.116. The fraction of sp³-hybridized carbons (Fsp3) is 0.158. The van der Waals surface area contributed by atoms with Crippen LogP contribution in [-0.2, 0) is 13.2 Å². The second kappa shape index (κ2) is 13.7. The Hall–Kier alpha value is -5.83. The third-order valence-electron chi connectivity index (χ3n) is 7.89. The molecule has 0 radical (unpaired) electrons. The molecule has 8 nitrogen and oxygen atoms in total. The number of benzene rings is 3. The Morgan fingerprint density at radius 3 is 1.98 bits per heavy atom. The summed E-state index contributed by atoms with van der Waals surface area (Å²) in [5.41, 5.74) is 10.6. The van der Waals surface area contributed by atoms with E-state index in [0.29, 0.717) is 23.9 Å². The van der Waals surface area contributed by atoms with Crippen LogP contribution >= 0.6 is 0 Å². The lowest BCUT2D eigenvalue weighted by Crippen LogP contribution is -2.16. The molecular weight excluding hydrogens is 595 g/mol. The summed E-state index contributed by atoms with van der Waals surface area (Å²) in [6, 6.07) is 31.3. The molecule has 0 unspecified atom stereocenters. The maximum Gasteiger partial charge on any atom is 0.307 e. The van der Waals surface area contributed by atoms with E-state index >= 15 is 0 Å². The van der Waals surface area contributed by atoms with Crippen LogP contribution in [0.2, 0.25) is 0 Å². The maximum atomic E-state index is 13.1. The number of amides is 1. The van der Waals surface area contributed by atoms with Crippen LogP contribution in [0, 0.1) is 33.5 Å². The average Bonchev–Trinajstić information content (AvgIpc) is 3.77. The molecular formula is C38H35FN4O4. The van der Waals surface area contributed by atoms with E-state index in [-0.39, 0.29) is 18.2 Å². The van der Waals surface area contributed by atoms with E-state index in [0.717, 1.165) is 33.9 Å². The van der Waals surface area contributed by atoms with Crippen molar-refractivity contribution in [3.8, 4) is 22.9 Å². The standard InChI is InChI=1S/C38H35FN4O4/c1-25-5-6-26(2)42(25)32-11-15-35(16-12-32)46-24-36-19-20-37(47-36)38(44)41-40-22-30-21-27(3)43(28(30)4)33-13-17-34(18-14-33)45-23-29-7-9-31(39)10-8-29/h5-22H,23-24H2,1-4H3,(H,41,44)/b40-22+. The van der Waals surface area contributed by atoms with Crippen LogP contribution in [0.3, 0.4) is 0 Å². The van der Waals surface area contributed by atoms with Gasteiger partial charge in [-0.1, -0.05) is 12.1 Å². The summed E-state index contributed by atoms with van der Waals surface area (Å²) in [5.74, 6) is 1.35. The predicted octanol–water partition coefficient (Wildman–Crippen LogP) is 8.16. The zero-order chi connectivity index (χ0) is 32.9. The number of aryl methyl sites for hydroxylation is 3. The average molecular weight is 631 g/mol. The first kappa shape index (κ1) is 31.2. The molecule has 6 rings (SSSR count). The summed E-state index contributed by atoms with van der Waals surface area (Å²) >= 11 is 0. The van der Waals surface area contributed by atoms with Crippen LogP contribution in [0.25, 0.3) is 11.4 Å². The van der Waals surface area contributed by atoms with E-state index in [2.05, 4.69) is 45.6 Å². The van der Waals surface area contributed by atoms with Crippen molar-refractivity contribution in [3.63, 3.8) is 0 Å². The number of hydrazone groups is 1. The number of carbonyl (C=O) groups excluding carboxylic acids is 1. The van der Waals surface area contributed by atoms with E-state index in [1.165, 1.54) is 23.5 Å². The highest BCUT2D eigenvalue weighted by molar-refractivity contribution is 5.92. The highest BCUT2D eigenvalue weighted by Gasteiger charge is 2.13. The molecule has 1 N–H and O–H groups in total. The van der Waals surface area contributed by atoms with Crippen molar-refractivity contribution in [2.24, 2.45) is 5.10 Å². The van der Waals surface area contributed by atoms with Gasteiger partial charge in [-0.15, -0.1) is 0 Å². The highest BCUT2D eigenvalue weighted by atomic mass is 19.1. The van der Waals surface area contributed by atoms with Crippen LogP contribution in [0.4, 0.5) is 4.39 Å². The summed E-state index contributed by atoms with van der Waals surface area (Å²) in [5, 5.41) is 4.17. The van der Waals surface area contributed by atoms with Gasteiger partial charge in [0, 0.05) is 39.7 Å². The molecule has 3 heterocycles. The topological polar surface area (TPSA) is 82.9 Å². The molecule has 3 aromatic carbocycles. The third kappa shape index (κ3) is 7.20. The molecule has 0 aliphatic rings. The number of nitrogens with one attached hydrogen (secondary N) is 1. The lowest BCUT2D eigenvalue weighted by atomic mass is 10.2. The van der Waals surface area contributed by atoms with Crippen LogP contribution in [0.1, 0.15) is 50.2 Å². The minimum Gasteiger partial charge on any atom is -0.489 e.